The highest BCUT2D eigenvalue weighted by Gasteiger charge is 1.93. The average molecular weight is 175 g/mol. The summed E-state index contributed by atoms with van der Waals surface area (Å²) in [6, 6.07) is 0. The van der Waals surface area contributed by atoms with Crippen molar-refractivity contribution in [2.75, 3.05) is 14.1 Å². The highest BCUT2D eigenvalue weighted by Crippen LogP contribution is 1.78. The standard InChI is InChI=1S/C4H11N5.CH2O2/c1-9(2)4(7)8-3(5)6;2-1-3/h1-2H3,(H5,5,6,7,8);1H,(H,2,3). The molecule has 0 saturated heterocycles. The molecule has 0 aromatic carbocycles. The van der Waals surface area contributed by atoms with E-state index < -0.39 is 0 Å². The minimum absolute atomic E-state index is 0.0509. The summed E-state index contributed by atoms with van der Waals surface area (Å²) in [5.41, 5.74) is 9.98. The van der Waals surface area contributed by atoms with E-state index in [0.29, 0.717) is 0 Å². The van der Waals surface area contributed by atoms with Crippen LogP contribution in [0.3, 0.4) is 0 Å². The second-order valence-corrected chi connectivity index (χ2v) is 1.86. The molecule has 7 heteroatoms. The first-order valence-corrected chi connectivity index (χ1v) is 2.89. The maximum absolute atomic E-state index is 8.36. The molecule has 0 aliphatic heterocycles. The van der Waals surface area contributed by atoms with Crippen LogP contribution in [0.5, 0.6) is 0 Å². The Bertz CT molecular complexity index is 173. The quantitative estimate of drug-likeness (QED) is 0.201. The molecule has 0 aromatic heterocycles. The number of hydrogen-bond acceptors (Lipinski definition) is 2. The van der Waals surface area contributed by atoms with Gasteiger partial charge in [0.25, 0.3) is 6.47 Å². The van der Waals surface area contributed by atoms with E-state index in [-0.39, 0.29) is 18.4 Å². The lowest BCUT2D eigenvalue weighted by Crippen LogP contribution is -2.28. The maximum Gasteiger partial charge on any atom is 0.290 e. The highest BCUT2D eigenvalue weighted by atomic mass is 16.3. The molecule has 12 heavy (non-hydrogen) atoms. The monoisotopic (exact) mass is 175 g/mol. The summed E-state index contributed by atoms with van der Waals surface area (Å²) >= 11 is 0. The third-order valence-corrected chi connectivity index (χ3v) is 0.659. The molecule has 0 saturated carbocycles. The van der Waals surface area contributed by atoms with Crippen molar-refractivity contribution < 1.29 is 9.90 Å². The molecule has 0 radical (unpaired) electrons. The fourth-order valence-electron chi connectivity index (χ4n) is 0.222. The summed E-state index contributed by atoms with van der Waals surface area (Å²) in [6.07, 6.45) is 0. The first kappa shape index (κ1) is 12.8. The first-order chi connectivity index (χ1) is 5.45. The Labute approximate surface area is 70.2 Å². The number of carboxylic acid groups (broad SMARTS) is 1. The van der Waals surface area contributed by atoms with Gasteiger partial charge in [0.05, 0.1) is 0 Å². The predicted octanol–water partition coefficient (Wildman–Crippen LogP) is -1.54. The van der Waals surface area contributed by atoms with Crippen molar-refractivity contribution in [1.82, 2.24) is 4.90 Å². The lowest BCUT2D eigenvalue weighted by Gasteiger charge is -2.07. The lowest BCUT2D eigenvalue weighted by atomic mass is 10.8. The van der Waals surface area contributed by atoms with E-state index in [1.807, 2.05) is 0 Å². The maximum atomic E-state index is 8.36. The second kappa shape index (κ2) is 7.32. The topological polar surface area (TPSA) is 129 Å². The number of nitrogens with two attached hydrogens (primary N) is 2. The third-order valence-electron chi connectivity index (χ3n) is 0.659. The minimum atomic E-state index is -0.250. The highest BCUT2D eigenvalue weighted by molar-refractivity contribution is 5.91. The van der Waals surface area contributed by atoms with Gasteiger partial charge in [0.1, 0.15) is 0 Å². The number of aliphatic imine (C=N–C) groups is 1. The fraction of sp³-hybridized carbons (Fsp3) is 0.400. The van der Waals surface area contributed by atoms with Crippen LogP contribution in [-0.4, -0.2) is 42.5 Å². The van der Waals surface area contributed by atoms with Gasteiger partial charge in [-0.2, -0.15) is 4.99 Å². The SMILES string of the molecule is CN(C)C(=N)N=C(N)N.O=CO. The number of rotatable bonds is 0. The molecule has 0 rings (SSSR count). The Morgan fingerprint density at radius 3 is 2.00 bits per heavy atom. The number of hydrogen-bond donors (Lipinski definition) is 4. The summed E-state index contributed by atoms with van der Waals surface area (Å²) in [5, 5.41) is 13.9. The van der Waals surface area contributed by atoms with Gasteiger partial charge in [-0.25, -0.2) is 0 Å². The van der Waals surface area contributed by atoms with Crippen molar-refractivity contribution >= 4 is 18.4 Å². The molecule has 0 aliphatic carbocycles. The molecule has 0 spiro atoms. The van der Waals surface area contributed by atoms with Crippen LogP contribution in [-0.2, 0) is 4.79 Å². The van der Waals surface area contributed by atoms with E-state index in [4.69, 9.17) is 26.8 Å². The van der Waals surface area contributed by atoms with Crippen molar-refractivity contribution in [2.45, 2.75) is 0 Å². The largest absolute Gasteiger partial charge is 0.483 e. The zero-order valence-electron chi connectivity index (χ0n) is 6.98. The van der Waals surface area contributed by atoms with Crippen molar-refractivity contribution in [2.24, 2.45) is 16.5 Å². The van der Waals surface area contributed by atoms with Gasteiger partial charge in [0.2, 0.25) is 5.96 Å². The Balaban J connectivity index is 0. The molecule has 7 nitrogen and oxygen atoms in total. The van der Waals surface area contributed by atoms with E-state index in [1.165, 1.54) is 4.90 Å². The average Bonchev–Trinajstić information content (AvgIpc) is 1.87. The van der Waals surface area contributed by atoms with Gasteiger partial charge in [0, 0.05) is 14.1 Å². The Morgan fingerprint density at radius 1 is 1.58 bits per heavy atom. The van der Waals surface area contributed by atoms with E-state index >= 15 is 0 Å². The molecule has 0 atom stereocenters. The summed E-state index contributed by atoms with van der Waals surface area (Å²) in [7, 11) is 3.38. The molecule has 0 heterocycles. The van der Waals surface area contributed by atoms with Crippen molar-refractivity contribution in [3.05, 3.63) is 0 Å². The smallest absolute Gasteiger partial charge is 0.290 e. The fourth-order valence-corrected chi connectivity index (χ4v) is 0.222. The van der Waals surface area contributed by atoms with E-state index in [0.717, 1.165) is 0 Å². The van der Waals surface area contributed by atoms with Gasteiger partial charge >= 0.3 is 0 Å². The van der Waals surface area contributed by atoms with Gasteiger partial charge < -0.3 is 21.5 Å². The molecule has 0 unspecified atom stereocenters. The molecule has 70 valence electrons. The second-order valence-electron chi connectivity index (χ2n) is 1.86. The van der Waals surface area contributed by atoms with Gasteiger partial charge in [-0.1, -0.05) is 0 Å². The summed E-state index contributed by atoms with van der Waals surface area (Å²) in [4.78, 5) is 13.3. The zero-order chi connectivity index (χ0) is 10.1. The molecule has 0 fully saturated rings. The molecular weight excluding hydrogens is 162 g/mol. The number of nitrogens with one attached hydrogen (secondary N) is 1. The zero-order valence-corrected chi connectivity index (χ0v) is 6.98. The summed E-state index contributed by atoms with van der Waals surface area (Å²) in [5.74, 6) is -0.0382. The first-order valence-electron chi connectivity index (χ1n) is 2.89. The Kier molecular flexibility index (Phi) is 7.84. The predicted molar refractivity (Wildman–Crippen MR) is 45.9 cm³/mol. The Morgan fingerprint density at radius 2 is 1.92 bits per heavy atom. The normalized spacial score (nSPS) is 7.17. The molecule has 0 aromatic rings. The Hall–Kier alpha value is -1.79. The third kappa shape index (κ3) is 11.1. The van der Waals surface area contributed by atoms with Crippen LogP contribution in [0.25, 0.3) is 0 Å². The van der Waals surface area contributed by atoms with Crippen molar-refractivity contribution in [3.8, 4) is 0 Å². The molecule has 6 N–H and O–H groups in total. The summed E-state index contributed by atoms with van der Waals surface area (Å²) in [6.45, 7) is -0.250. The molecule has 0 aliphatic rings. The van der Waals surface area contributed by atoms with Crippen LogP contribution in [0.1, 0.15) is 0 Å². The number of nitrogens with zero attached hydrogens (tertiary/aromatic N) is 2. The van der Waals surface area contributed by atoms with Gasteiger partial charge in [-0.15, -0.1) is 0 Å². The minimum Gasteiger partial charge on any atom is -0.483 e. The van der Waals surface area contributed by atoms with Gasteiger partial charge in [-0.05, 0) is 0 Å². The van der Waals surface area contributed by atoms with Crippen LogP contribution in [0.15, 0.2) is 4.99 Å². The molecule has 0 bridgehead atoms. The van der Waals surface area contributed by atoms with Gasteiger partial charge in [-0.3, -0.25) is 10.2 Å². The van der Waals surface area contributed by atoms with Gasteiger partial charge in [0.15, 0.2) is 5.96 Å². The van der Waals surface area contributed by atoms with E-state index in [1.54, 1.807) is 14.1 Å². The van der Waals surface area contributed by atoms with E-state index in [2.05, 4.69) is 4.99 Å². The number of guanidine groups is 2. The van der Waals surface area contributed by atoms with Crippen LogP contribution >= 0.6 is 0 Å². The van der Waals surface area contributed by atoms with Crippen LogP contribution in [0, 0.1) is 5.41 Å². The molecular formula is C5H13N5O2. The lowest BCUT2D eigenvalue weighted by molar-refractivity contribution is -0.122. The van der Waals surface area contributed by atoms with E-state index in [9.17, 15) is 0 Å². The number of carbonyl (C=O) groups is 1. The van der Waals surface area contributed by atoms with Crippen LogP contribution in [0.4, 0.5) is 0 Å². The molecule has 0 amide bonds. The van der Waals surface area contributed by atoms with Crippen LogP contribution in [0.2, 0.25) is 0 Å². The van der Waals surface area contributed by atoms with Crippen molar-refractivity contribution in [3.63, 3.8) is 0 Å². The summed E-state index contributed by atoms with van der Waals surface area (Å²) < 4.78 is 0. The van der Waals surface area contributed by atoms with Crippen LogP contribution < -0.4 is 11.5 Å². The van der Waals surface area contributed by atoms with Crippen molar-refractivity contribution in [1.29, 1.82) is 5.41 Å².